The fourth-order valence-corrected chi connectivity index (χ4v) is 2.92. The third-order valence-electron chi connectivity index (χ3n) is 3.87. The number of rotatable bonds is 3. The molecule has 2 rings (SSSR count). The fourth-order valence-electron chi connectivity index (χ4n) is 2.61. The van der Waals surface area contributed by atoms with Crippen molar-refractivity contribution in [3.8, 4) is 5.88 Å². The Labute approximate surface area is 130 Å². The number of aromatic hydroxyl groups is 1. The van der Waals surface area contributed by atoms with Gasteiger partial charge in [-0.3, -0.25) is 4.57 Å². The second-order valence-corrected chi connectivity index (χ2v) is 6.10. The van der Waals surface area contributed by atoms with E-state index in [4.69, 9.17) is 17.0 Å². The summed E-state index contributed by atoms with van der Waals surface area (Å²) >= 11 is 5.30. The second-order valence-electron chi connectivity index (χ2n) is 5.73. The Balaban J connectivity index is 2.47. The topological polar surface area (TPSA) is 42.6 Å². The number of aromatic nitrogens is 2. The van der Waals surface area contributed by atoms with Gasteiger partial charge in [0.1, 0.15) is 12.3 Å². The number of imidazole rings is 1. The maximum atomic E-state index is 10.2. The number of nitrogens with zero attached hydrogens (tertiary/aromatic N) is 3. The molecule has 21 heavy (non-hydrogen) atoms. The molecular formula is C15H23N3O2S. The molecule has 5 nitrogen and oxygen atoms in total. The number of ether oxygens (including phenoxy) is 1. The van der Waals surface area contributed by atoms with Crippen LogP contribution in [0.1, 0.15) is 33.4 Å². The van der Waals surface area contributed by atoms with Crippen LogP contribution < -0.4 is 0 Å². The summed E-state index contributed by atoms with van der Waals surface area (Å²) in [4.78, 5) is 2.16. The van der Waals surface area contributed by atoms with Gasteiger partial charge in [-0.1, -0.05) is 5.73 Å². The van der Waals surface area contributed by atoms with Gasteiger partial charge in [0.15, 0.2) is 4.77 Å². The van der Waals surface area contributed by atoms with E-state index in [1.807, 2.05) is 14.0 Å². The van der Waals surface area contributed by atoms with Gasteiger partial charge in [0.2, 0.25) is 11.8 Å². The highest BCUT2D eigenvalue weighted by Gasteiger charge is 2.35. The Morgan fingerprint density at radius 1 is 1.38 bits per heavy atom. The van der Waals surface area contributed by atoms with Crippen molar-refractivity contribution < 1.29 is 9.84 Å². The maximum Gasteiger partial charge on any atom is 0.236 e. The van der Waals surface area contributed by atoms with E-state index in [0.29, 0.717) is 29.5 Å². The van der Waals surface area contributed by atoms with Crippen LogP contribution in [0.25, 0.3) is 6.08 Å². The lowest BCUT2D eigenvalue weighted by Crippen LogP contribution is -2.38. The molecule has 0 radical (unpaired) electrons. The van der Waals surface area contributed by atoms with Crippen LogP contribution in [0.3, 0.4) is 0 Å². The van der Waals surface area contributed by atoms with Crippen molar-refractivity contribution in [2.24, 2.45) is 7.05 Å². The molecule has 0 bridgehead atoms. The highest BCUT2D eigenvalue weighted by atomic mass is 32.1. The lowest BCUT2D eigenvalue weighted by atomic mass is 10.1. The largest absolute Gasteiger partial charge is 0.493 e. The zero-order valence-electron chi connectivity index (χ0n) is 13.3. The lowest BCUT2D eigenvalue weighted by Gasteiger charge is -2.28. The van der Waals surface area contributed by atoms with Crippen LogP contribution in [0.15, 0.2) is 11.6 Å². The molecule has 0 saturated carbocycles. The molecule has 2 heterocycles. The first-order valence-electron chi connectivity index (χ1n) is 7.19. The minimum absolute atomic E-state index is 0.0340. The Bertz CT molecular complexity index is 663. The quantitative estimate of drug-likeness (QED) is 0.689. The summed E-state index contributed by atoms with van der Waals surface area (Å²) < 4.78 is 9.76. The molecule has 1 aromatic heterocycles. The fraction of sp³-hybridized carbons (Fsp3) is 0.600. The predicted octanol–water partition coefficient (Wildman–Crippen LogP) is 2.87. The van der Waals surface area contributed by atoms with Crippen molar-refractivity contribution >= 4 is 18.3 Å². The highest BCUT2D eigenvalue weighted by Crippen LogP contribution is 2.29. The first kappa shape index (κ1) is 15.7. The van der Waals surface area contributed by atoms with Crippen LogP contribution in [0, 0.1) is 4.77 Å². The molecule has 1 aliphatic rings. The molecule has 6 heteroatoms. The van der Waals surface area contributed by atoms with Crippen LogP contribution in [0.4, 0.5) is 0 Å². The van der Waals surface area contributed by atoms with Crippen molar-refractivity contribution in [3.05, 3.63) is 22.1 Å². The lowest BCUT2D eigenvalue weighted by molar-refractivity contribution is 0.228. The molecule has 1 aromatic rings. The van der Waals surface area contributed by atoms with E-state index in [9.17, 15) is 5.11 Å². The highest BCUT2D eigenvalue weighted by molar-refractivity contribution is 7.71. The number of hydrogen-bond donors (Lipinski definition) is 1. The molecule has 116 valence electrons. The van der Waals surface area contributed by atoms with E-state index in [0.717, 1.165) is 6.54 Å². The van der Waals surface area contributed by atoms with Crippen molar-refractivity contribution in [2.45, 2.75) is 39.8 Å². The minimum atomic E-state index is -0.0340. The van der Waals surface area contributed by atoms with Gasteiger partial charge in [-0.2, -0.15) is 0 Å². The molecule has 0 unspecified atom stereocenters. The van der Waals surface area contributed by atoms with Gasteiger partial charge in [-0.25, -0.2) is 0 Å². The van der Waals surface area contributed by atoms with Crippen LogP contribution in [-0.2, 0) is 18.3 Å². The average Bonchev–Trinajstić information content (AvgIpc) is 2.83. The van der Waals surface area contributed by atoms with E-state index in [1.165, 1.54) is 0 Å². The predicted molar refractivity (Wildman–Crippen MR) is 85.5 cm³/mol. The summed E-state index contributed by atoms with van der Waals surface area (Å²) in [5, 5.41) is 10.2. The van der Waals surface area contributed by atoms with E-state index in [1.54, 1.807) is 15.2 Å². The molecule has 1 fully saturated rings. The van der Waals surface area contributed by atoms with Gasteiger partial charge in [-0.15, -0.1) is 0 Å². The standard InChI is InChI=1S/C15H23N3O2S/c1-6-17-13(19)11(16(5)14(17)21)8-9-12-18(7-2)15(3,4)10-20-12/h8,19H,6-7,10H2,1-5H3. The van der Waals surface area contributed by atoms with E-state index >= 15 is 0 Å². The van der Waals surface area contributed by atoms with Crippen LogP contribution in [0.5, 0.6) is 5.88 Å². The third-order valence-corrected chi connectivity index (χ3v) is 4.36. The van der Waals surface area contributed by atoms with Crippen LogP contribution >= 0.6 is 12.2 Å². The summed E-state index contributed by atoms with van der Waals surface area (Å²) in [6.45, 7) is 10.4. The van der Waals surface area contributed by atoms with Crippen molar-refractivity contribution in [3.63, 3.8) is 0 Å². The van der Waals surface area contributed by atoms with E-state index in [2.05, 4.69) is 31.4 Å². The zero-order chi connectivity index (χ0) is 15.8. The van der Waals surface area contributed by atoms with Gasteiger partial charge in [-0.05, 0) is 39.9 Å². The molecule has 0 amide bonds. The van der Waals surface area contributed by atoms with Gasteiger partial charge < -0.3 is 19.3 Å². The second kappa shape index (κ2) is 5.62. The molecule has 0 spiro atoms. The molecule has 0 aromatic carbocycles. The van der Waals surface area contributed by atoms with Gasteiger partial charge >= 0.3 is 0 Å². The number of hydrogen-bond acceptors (Lipinski definition) is 4. The Morgan fingerprint density at radius 3 is 2.57 bits per heavy atom. The van der Waals surface area contributed by atoms with Crippen LogP contribution in [0.2, 0.25) is 0 Å². The molecule has 1 N–H and O–H groups in total. The first-order chi connectivity index (χ1) is 9.83. The van der Waals surface area contributed by atoms with Crippen molar-refractivity contribution in [1.82, 2.24) is 14.0 Å². The smallest absolute Gasteiger partial charge is 0.236 e. The van der Waals surface area contributed by atoms with Gasteiger partial charge in [0, 0.05) is 26.2 Å². The third kappa shape index (κ3) is 2.61. The minimum Gasteiger partial charge on any atom is -0.493 e. The van der Waals surface area contributed by atoms with Crippen molar-refractivity contribution in [2.75, 3.05) is 13.2 Å². The summed E-state index contributed by atoms with van der Waals surface area (Å²) in [5.41, 5.74) is 3.76. The molecular weight excluding hydrogens is 286 g/mol. The first-order valence-corrected chi connectivity index (χ1v) is 7.60. The van der Waals surface area contributed by atoms with Crippen LogP contribution in [-0.4, -0.2) is 37.8 Å². The van der Waals surface area contributed by atoms with Crippen molar-refractivity contribution in [1.29, 1.82) is 0 Å². The summed E-state index contributed by atoms with van der Waals surface area (Å²) in [5.74, 6) is 0.871. The molecule has 1 aliphatic heterocycles. The molecule has 1 saturated heterocycles. The Kier molecular flexibility index (Phi) is 4.21. The normalized spacial score (nSPS) is 16.8. The number of likely N-dealkylation sites (N-methyl/N-ethyl adjacent to an activating group) is 1. The summed E-state index contributed by atoms with van der Waals surface area (Å²) in [6.07, 6.45) is 1.73. The SMILES string of the molecule is CCN1C(=C=Cc2c(O)n(CC)c(=S)n2C)OCC1(C)C. The summed E-state index contributed by atoms with van der Waals surface area (Å²) in [6, 6.07) is 0. The van der Waals surface area contributed by atoms with E-state index < -0.39 is 0 Å². The molecule has 0 atom stereocenters. The summed E-state index contributed by atoms with van der Waals surface area (Å²) in [7, 11) is 1.84. The molecule has 0 aliphatic carbocycles. The monoisotopic (exact) mass is 309 g/mol. The maximum absolute atomic E-state index is 10.2. The van der Waals surface area contributed by atoms with E-state index in [-0.39, 0.29) is 11.4 Å². The zero-order valence-corrected chi connectivity index (χ0v) is 14.1. The van der Waals surface area contributed by atoms with Gasteiger partial charge in [0.25, 0.3) is 0 Å². The average molecular weight is 309 g/mol. The van der Waals surface area contributed by atoms with Gasteiger partial charge in [0.05, 0.1) is 5.54 Å². The Hall–Kier alpha value is -1.65. The Morgan fingerprint density at radius 2 is 2.05 bits per heavy atom.